The number of carbonyl (C=O) groups excluding carboxylic acids is 3. The van der Waals surface area contributed by atoms with Gasteiger partial charge in [-0.1, -0.05) is 43.3 Å². The largest absolute Gasteiger partial charge is 0.354 e. The van der Waals surface area contributed by atoms with Crippen LogP contribution in [0.5, 0.6) is 0 Å². The van der Waals surface area contributed by atoms with Crippen molar-refractivity contribution in [2.75, 3.05) is 13.1 Å². The van der Waals surface area contributed by atoms with E-state index in [4.69, 9.17) is 0 Å². The van der Waals surface area contributed by atoms with E-state index in [0.29, 0.717) is 18.5 Å². The van der Waals surface area contributed by atoms with Crippen molar-refractivity contribution in [2.24, 2.45) is 0 Å². The topological polar surface area (TPSA) is 91.4 Å². The van der Waals surface area contributed by atoms with Crippen LogP contribution in [0.25, 0.3) is 10.9 Å². The number of imide groups is 1. The van der Waals surface area contributed by atoms with E-state index in [-0.39, 0.29) is 13.0 Å². The Morgan fingerprint density at radius 3 is 2.62 bits per heavy atom. The van der Waals surface area contributed by atoms with Gasteiger partial charge in [-0.05, 0) is 42.2 Å². The smallest absolute Gasteiger partial charge is 0.325 e. The first-order valence-corrected chi connectivity index (χ1v) is 10.4. The molecule has 2 aromatic carbocycles. The minimum Gasteiger partial charge on any atom is -0.354 e. The van der Waals surface area contributed by atoms with Crippen LogP contribution in [0.3, 0.4) is 0 Å². The van der Waals surface area contributed by atoms with Crippen molar-refractivity contribution < 1.29 is 18.8 Å². The molecule has 2 N–H and O–H groups in total. The Bertz CT molecular complexity index is 1180. The Hall–Kier alpha value is -3.81. The van der Waals surface area contributed by atoms with Crippen LogP contribution in [0, 0.1) is 5.82 Å². The third kappa shape index (κ3) is 3.91. The second-order valence-corrected chi connectivity index (χ2v) is 7.68. The minimum absolute atomic E-state index is 0.273. The van der Waals surface area contributed by atoms with E-state index in [0.717, 1.165) is 21.4 Å². The lowest BCUT2D eigenvalue weighted by Gasteiger charge is -2.25. The lowest BCUT2D eigenvalue weighted by atomic mass is 9.87. The minimum atomic E-state index is -1.31. The number of hydrogen-bond donors (Lipinski definition) is 2. The first-order chi connectivity index (χ1) is 15.4. The number of nitrogens with one attached hydrogen (secondary N) is 2. The molecule has 1 saturated heterocycles. The predicted octanol–water partition coefficient (Wildman–Crippen LogP) is 2.89. The molecule has 8 heteroatoms. The summed E-state index contributed by atoms with van der Waals surface area (Å²) in [4.78, 5) is 43.4. The molecule has 7 nitrogen and oxygen atoms in total. The van der Waals surface area contributed by atoms with Gasteiger partial charge in [-0.3, -0.25) is 19.5 Å². The maximum atomic E-state index is 13.3. The summed E-state index contributed by atoms with van der Waals surface area (Å²) in [5.74, 6) is -1.40. The predicted molar refractivity (Wildman–Crippen MR) is 117 cm³/mol. The van der Waals surface area contributed by atoms with E-state index in [1.165, 1.54) is 24.3 Å². The Kier molecular flexibility index (Phi) is 5.85. The fourth-order valence-electron chi connectivity index (χ4n) is 4.05. The van der Waals surface area contributed by atoms with Gasteiger partial charge in [0, 0.05) is 18.1 Å². The zero-order chi connectivity index (χ0) is 22.7. The Morgan fingerprint density at radius 2 is 1.88 bits per heavy atom. The molecule has 3 aromatic rings. The highest BCUT2D eigenvalue weighted by Crippen LogP contribution is 2.32. The molecule has 164 valence electrons. The number of fused-ring (bicyclic) bond motifs is 1. The van der Waals surface area contributed by atoms with Crippen LogP contribution < -0.4 is 10.6 Å². The molecule has 0 saturated carbocycles. The highest BCUT2D eigenvalue weighted by molar-refractivity contribution is 6.09. The SMILES string of the molecule is CCC1(c2ccc(F)cc2)NC(=O)N(CC(=O)NCCc2cccc3cccnc23)C1=O. The molecule has 32 heavy (non-hydrogen) atoms. The average molecular weight is 434 g/mol. The second-order valence-electron chi connectivity index (χ2n) is 7.68. The fourth-order valence-corrected chi connectivity index (χ4v) is 4.05. The van der Waals surface area contributed by atoms with Crippen molar-refractivity contribution in [3.63, 3.8) is 0 Å². The van der Waals surface area contributed by atoms with E-state index >= 15 is 0 Å². The van der Waals surface area contributed by atoms with Crippen molar-refractivity contribution in [1.29, 1.82) is 0 Å². The van der Waals surface area contributed by atoms with Gasteiger partial charge in [0.2, 0.25) is 5.91 Å². The second kappa shape index (κ2) is 8.74. The van der Waals surface area contributed by atoms with Gasteiger partial charge in [0.05, 0.1) is 5.52 Å². The first-order valence-electron chi connectivity index (χ1n) is 10.4. The van der Waals surface area contributed by atoms with Gasteiger partial charge in [0.1, 0.15) is 17.9 Å². The van der Waals surface area contributed by atoms with Gasteiger partial charge in [0.25, 0.3) is 5.91 Å². The highest BCUT2D eigenvalue weighted by atomic mass is 19.1. The number of hydrogen-bond acceptors (Lipinski definition) is 4. The zero-order valence-corrected chi connectivity index (χ0v) is 17.6. The molecule has 4 rings (SSSR count). The highest BCUT2D eigenvalue weighted by Gasteiger charge is 2.51. The van der Waals surface area contributed by atoms with Crippen molar-refractivity contribution >= 4 is 28.7 Å². The summed E-state index contributed by atoms with van der Waals surface area (Å²) < 4.78 is 13.3. The molecule has 0 spiro atoms. The van der Waals surface area contributed by atoms with Gasteiger partial charge in [-0.2, -0.15) is 0 Å². The summed E-state index contributed by atoms with van der Waals surface area (Å²) >= 11 is 0. The molecule has 1 aliphatic rings. The van der Waals surface area contributed by atoms with Crippen LogP contribution >= 0.6 is 0 Å². The normalized spacial score (nSPS) is 18.1. The Balaban J connectivity index is 1.40. The molecule has 1 unspecified atom stereocenters. The van der Waals surface area contributed by atoms with E-state index in [2.05, 4.69) is 15.6 Å². The molecular weight excluding hydrogens is 411 g/mol. The van der Waals surface area contributed by atoms with Crippen LogP contribution in [-0.4, -0.2) is 40.8 Å². The van der Waals surface area contributed by atoms with Gasteiger partial charge in [-0.25, -0.2) is 9.18 Å². The standard InChI is InChI=1S/C24H23FN4O3/c1-2-24(18-8-10-19(25)11-9-18)22(31)29(23(32)28-24)15-20(30)26-14-12-17-6-3-5-16-7-4-13-27-21(16)17/h3-11,13H,2,12,14-15H2,1H3,(H,26,30)(H,28,32). The number of para-hydroxylation sites is 1. The van der Waals surface area contributed by atoms with Crippen molar-refractivity contribution in [2.45, 2.75) is 25.3 Å². The molecule has 0 radical (unpaired) electrons. The number of amides is 4. The van der Waals surface area contributed by atoms with Crippen molar-refractivity contribution in [3.8, 4) is 0 Å². The van der Waals surface area contributed by atoms with E-state index in [1.807, 2.05) is 30.3 Å². The van der Waals surface area contributed by atoms with Gasteiger partial charge in [-0.15, -0.1) is 0 Å². The van der Waals surface area contributed by atoms with Gasteiger partial charge < -0.3 is 10.6 Å². The fraction of sp³-hybridized carbons (Fsp3) is 0.250. The molecule has 0 bridgehead atoms. The average Bonchev–Trinajstić information content (AvgIpc) is 3.05. The lowest BCUT2D eigenvalue weighted by Crippen LogP contribution is -2.45. The summed E-state index contributed by atoms with van der Waals surface area (Å²) in [5, 5.41) is 6.47. The summed E-state index contributed by atoms with van der Waals surface area (Å²) in [6.45, 7) is 1.71. The number of aromatic nitrogens is 1. The molecule has 1 fully saturated rings. The Morgan fingerprint density at radius 1 is 1.12 bits per heavy atom. The molecule has 1 aliphatic heterocycles. The molecular formula is C24H23FN4O3. The monoisotopic (exact) mass is 434 g/mol. The van der Waals surface area contributed by atoms with Crippen LogP contribution in [0.4, 0.5) is 9.18 Å². The van der Waals surface area contributed by atoms with E-state index < -0.39 is 29.2 Å². The first kappa shape index (κ1) is 21.4. The Labute approximate surface area is 184 Å². The zero-order valence-electron chi connectivity index (χ0n) is 17.6. The summed E-state index contributed by atoms with van der Waals surface area (Å²) in [6, 6.07) is 14.5. The maximum Gasteiger partial charge on any atom is 0.325 e. The summed E-state index contributed by atoms with van der Waals surface area (Å²) in [7, 11) is 0. The number of benzene rings is 2. The van der Waals surface area contributed by atoms with E-state index in [9.17, 15) is 18.8 Å². The molecule has 4 amide bonds. The molecule has 1 aromatic heterocycles. The van der Waals surface area contributed by atoms with Crippen LogP contribution in [0.2, 0.25) is 0 Å². The number of halogens is 1. The summed E-state index contributed by atoms with van der Waals surface area (Å²) in [6.07, 6.45) is 2.56. The number of urea groups is 1. The van der Waals surface area contributed by atoms with Crippen LogP contribution in [0.15, 0.2) is 60.8 Å². The number of nitrogens with zero attached hydrogens (tertiary/aromatic N) is 2. The number of rotatable bonds is 7. The number of carbonyl (C=O) groups is 3. The third-order valence-corrected chi connectivity index (χ3v) is 5.78. The third-order valence-electron chi connectivity index (χ3n) is 5.78. The van der Waals surface area contributed by atoms with Crippen LogP contribution in [-0.2, 0) is 21.5 Å². The summed E-state index contributed by atoms with van der Waals surface area (Å²) in [5.41, 5.74) is 1.05. The van der Waals surface area contributed by atoms with Gasteiger partial charge >= 0.3 is 6.03 Å². The molecule has 0 aliphatic carbocycles. The van der Waals surface area contributed by atoms with E-state index in [1.54, 1.807) is 13.1 Å². The maximum absolute atomic E-state index is 13.3. The molecule has 1 atom stereocenters. The van der Waals surface area contributed by atoms with Crippen molar-refractivity contribution in [3.05, 3.63) is 77.7 Å². The number of pyridine rings is 1. The van der Waals surface area contributed by atoms with Crippen molar-refractivity contribution in [1.82, 2.24) is 20.5 Å². The molecule has 2 heterocycles. The van der Waals surface area contributed by atoms with Crippen LogP contribution in [0.1, 0.15) is 24.5 Å². The lowest BCUT2D eigenvalue weighted by molar-refractivity contribution is -0.135. The quantitative estimate of drug-likeness (QED) is 0.560. The van der Waals surface area contributed by atoms with Gasteiger partial charge in [0.15, 0.2) is 0 Å².